The van der Waals surface area contributed by atoms with Crippen LogP contribution in [0.2, 0.25) is 5.02 Å². The Labute approximate surface area is 116 Å². The first-order valence-electron chi connectivity index (χ1n) is 5.64. The third-order valence-corrected chi connectivity index (χ3v) is 4.90. The van der Waals surface area contributed by atoms with Gasteiger partial charge < -0.3 is 5.73 Å². The highest BCUT2D eigenvalue weighted by atomic mass is 35.5. The number of hydrogen-bond acceptors (Lipinski definition) is 4. The molecule has 1 aromatic carbocycles. The lowest BCUT2D eigenvalue weighted by molar-refractivity contribution is 0.595. The summed E-state index contributed by atoms with van der Waals surface area (Å²) in [6, 6.07) is 4.41. The monoisotopic (exact) mass is 299 g/mol. The fourth-order valence-corrected chi connectivity index (χ4v) is 3.63. The fraction of sp³-hybridized carbons (Fsp3) is 0.250. The Morgan fingerprint density at radius 3 is 2.74 bits per heavy atom. The largest absolute Gasteiger partial charge is 0.399 e. The molecule has 2 aromatic rings. The molecule has 102 valence electrons. The summed E-state index contributed by atoms with van der Waals surface area (Å²) in [4.78, 5) is 0.118. The molecule has 0 atom stereocenters. The maximum absolute atomic E-state index is 12.2. The second-order valence-corrected chi connectivity index (χ2v) is 6.77. The Hall–Kier alpha value is -1.53. The van der Waals surface area contributed by atoms with Gasteiger partial charge in [-0.3, -0.25) is 4.68 Å². The lowest BCUT2D eigenvalue weighted by atomic mass is 10.3. The number of nitrogens with two attached hydrogens (primary N) is 1. The number of aromatic nitrogens is 2. The molecule has 5 nitrogen and oxygen atoms in total. The molecule has 0 fully saturated rings. The second kappa shape index (κ2) is 5.22. The minimum atomic E-state index is -3.42. The Morgan fingerprint density at radius 1 is 1.42 bits per heavy atom. The van der Waals surface area contributed by atoms with E-state index in [1.807, 2.05) is 0 Å². The van der Waals surface area contributed by atoms with Gasteiger partial charge in [-0.05, 0) is 30.2 Å². The van der Waals surface area contributed by atoms with Crippen molar-refractivity contribution in [1.29, 1.82) is 0 Å². The molecule has 0 aliphatic heterocycles. The molecule has 0 spiro atoms. The van der Waals surface area contributed by atoms with E-state index in [9.17, 15) is 8.42 Å². The Morgan fingerprint density at radius 2 is 2.16 bits per heavy atom. The number of sulfone groups is 1. The van der Waals surface area contributed by atoms with Crippen LogP contribution in [-0.4, -0.2) is 24.0 Å². The summed E-state index contributed by atoms with van der Waals surface area (Å²) in [5, 5.41) is 4.16. The number of anilines is 1. The lowest BCUT2D eigenvalue weighted by Gasteiger charge is -2.06. The summed E-state index contributed by atoms with van der Waals surface area (Å²) < 4.78 is 26.0. The molecule has 7 heteroatoms. The first-order chi connectivity index (χ1) is 8.88. The highest BCUT2D eigenvalue weighted by Gasteiger charge is 2.18. The van der Waals surface area contributed by atoms with Crippen LogP contribution in [0.5, 0.6) is 0 Å². The molecule has 0 saturated carbocycles. The van der Waals surface area contributed by atoms with E-state index in [0.717, 1.165) is 5.56 Å². The van der Waals surface area contributed by atoms with Crippen molar-refractivity contribution in [2.24, 2.45) is 7.05 Å². The molecule has 0 aliphatic rings. The normalized spacial score (nSPS) is 11.7. The molecule has 1 heterocycles. The van der Waals surface area contributed by atoms with E-state index in [2.05, 4.69) is 5.10 Å². The molecule has 0 aliphatic carbocycles. The maximum atomic E-state index is 12.2. The number of hydrogen-bond donors (Lipinski definition) is 1. The number of benzene rings is 1. The van der Waals surface area contributed by atoms with Crippen molar-refractivity contribution < 1.29 is 8.42 Å². The molecule has 0 saturated heterocycles. The highest BCUT2D eigenvalue weighted by molar-refractivity contribution is 7.91. The van der Waals surface area contributed by atoms with Crippen molar-refractivity contribution in [3.63, 3.8) is 0 Å². The number of nitrogen functional groups attached to an aromatic ring is 1. The number of rotatable bonds is 4. The van der Waals surface area contributed by atoms with Crippen molar-refractivity contribution in [3.05, 3.63) is 41.2 Å². The van der Waals surface area contributed by atoms with Gasteiger partial charge in [0, 0.05) is 18.9 Å². The maximum Gasteiger partial charge on any atom is 0.180 e. The van der Waals surface area contributed by atoms with Crippen molar-refractivity contribution in [2.75, 3.05) is 11.5 Å². The van der Waals surface area contributed by atoms with Gasteiger partial charge in [0.1, 0.15) is 0 Å². The van der Waals surface area contributed by atoms with Crippen molar-refractivity contribution in [1.82, 2.24) is 9.78 Å². The number of aryl methyl sites for hydroxylation is 2. The summed E-state index contributed by atoms with van der Waals surface area (Å²) in [7, 11) is -1.63. The Kier molecular flexibility index (Phi) is 3.82. The minimum absolute atomic E-state index is 0.0116. The summed E-state index contributed by atoms with van der Waals surface area (Å²) in [5.41, 5.74) is 6.86. The van der Waals surface area contributed by atoms with E-state index >= 15 is 0 Å². The molecule has 1 aromatic heterocycles. The van der Waals surface area contributed by atoms with Gasteiger partial charge in [-0.1, -0.05) is 11.6 Å². The predicted molar refractivity (Wildman–Crippen MR) is 74.8 cm³/mol. The zero-order valence-electron chi connectivity index (χ0n) is 10.4. The van der Waals surface area contributed by atoms with Crippen LogP contribution in [0.1, 0.15) is 5.56 Å². The highest BCUT2D eigenvalue weighted by Crippen LogP contribution is 2.25. The summed E-state index contributed by atoms with van der Waals surface area (Å²) in [5.74, 6) is -0.0116. The number of halogens is 1. The van der Waals surface area contributed by atoms with Crippen LogP contribution in [-0.2, 0) is 23.3 Å². The zero-order valence-corrected chi connectivity index (χ0v) is 11.9. The first kappa shape index (κ1) is 13.9. The second-order valence-electron chi connectivity index (χ2n) is 4.28. The van der Waals surface area contributed by atoms with Crippen LogP contribution >= 0.6 is 11.6 Å². The van der Waals surface area contributed by atoms with Gasteiger partial charge in [0.25, 0.3) is 0 Å². The molecule has 2 N–H and O–H groups in total. The molecule has 0 radical (unpaired) electrons. The fourth-order valence-electron chi connectivity index (χ4n) is 1.73. The van der Waals surface area contributed by atoms with Gasteiger partial charge >= 0.3 is 0 Å². The van der Waals surface area contributed by atoms with Gasteiger partial charge in [0.15, 0.2) is 9.84 Å². The summed E-state index contributed by atoms with van der Waals surface area (Å²) in [6.07, 6.45) is 3.84. The van der Waals surface area contributed by atoms with Crippen molar-refractivity contribution in [3.8, 4) is 0 Å². The van der Waals surface area contributed by atoms with E-state index in [1.165, 1.54) is 18.2 Å². The average molecular weight is 300 g/mol. The molecule has 0 bridgehead atoms. The van der Waals surface area contributed by atoms with E-state index < -0.39 is 9.84 Å². The van der Waals surface area contributed by atoms with Crippen molar-refractivity contribution in [2.45, 2.75) is 11.3 Å². The molecule has 2 rings (SSSR count). The van der Waals surface area contributed by atoms with E-state index in [-0.39, 0.29) is 15.7 Å². The van der Waals surface area contributed by atoms with Crippen LogP contribution in [0.15, 0.2) is 35.5 Å². The van der Waals surface area contributed by atoms with Gasteiger partial charge in [-0.15, -0.1) is 0 Å². The van der Waals surface area contributed by atoms with Crippen LogP contribution in [0, 0.1) is 0 Å². The Bertz CT molecular complexity index is 695. The lowest BCUT2D eigenvalue weighted by Crippen LogP contribution is -2.10. The predicted octanol–water partition coefficient (Wildman–Crippen LogP) is 1.67. The molecule has 19 heavy (non-hydrogen) atoms. The first-order valence-corrected chi connectivity index (χ1v) is 7.67. The van der Waals surface area contributed by atoms with Crippen molar-refractivity contribution >= 4 is 27.1 Å². The standard InChI is InChI=1S/C12H14ClN3O2S/c1-16-8-9(7-15-16)4-5-19(17,18)12-3-2-10(14)6-11(12)13/h2-3,6-8H,4-5,14H2,1H3. The topological polar surface area (TPSA) is 78.0 Å². The minimum Gasteiger partial charge on any atom is -0.399 e. The van der Waals surface area contributed by atoms with Gasteiger partial charge in [-0.25, -0.2) is 8.42 Å². The molecular weight excluding hydrogens is 286 g/mol. The summed E-state index contributed by atoms with van der Waals surface area (Å²) in [6.45, 7) is 0. The zero-order chi connectivity index (χ0) is 14.0. The van der Waals surface area contributed by atoms with E-state index in [4.69, 9.17) is 17.3 Å². The molecule has 0 amide bonds. The Balaban J connectivity index is 2.18. The van der Waals surface area contributed by atoms with Gasteiger partial charge in [0.2, 0.25) is 0 Å². The molecular formula is C12H14ClN3O2S. The van der Waals surface area contributed by atoms with Crippen LogP contribution in [0.3, 0.4) is 0 Å². The average Bonchev–Trinajstić information content (AvgIpc) is 2.72. The van der Waals surface area contributed by atoms with Crippen LogP contribution < -0.4 is 5.73 Å². The van der Waals surface area contributed by atoms with Gasteiger partial charge in [0.05, 0.1) is 21.9 Å². The third kappa shape index (κ3) is 3.27. The van der Waals surface area contributed by atoms with E-state index in [1.54, 1.807) is 24.1 Å². The SMILES string of the molecule is Cn1cc(CCS(=O)(=O)c2ccc(N)cc2Cl)cn1. The van der Waals surface area contributed by atoms with Crippen LogP contribution in [0.4, 0.5) is 5.69 Å². The van der Waals surface area contributed by atoms with Gasteiger partial charge in [-0.2, -0.15) is 5.10 Å². The third-order valence-electron chi connectivity index (χ3n) is 2.71. The smallest absolute Gasteiger partial charge is 0.180 e. The quantitative estimate of drug-likeness (QED) is 0.871. The number of nitrogens with zero attached hydrogens (tertiary/aromatic N) is 2. The summed E-state index contributed by atoms with van der Waals surface area (Å²) >= 11 is 5.92. The molecule has 0 unspecified atom stereocenters. The van der Waals surface area contributed by atoms with E-state index in [0.29, 0.717) is 12.1 Å². The van der Waals surface area contributed by atoms with Crippen LogP contribution in [0.25, 0.3) is 0 Å².